The standard InChI is InChI=1S/C12H13FO2/c1-7(2)12(15)10-5-4-9(13)6-11(10)8(3)14/h4-7H,1-3H3. The fourth-order valence-electron chi connectivity index (χ4n) is 1.33. The molecule has 3 heteroatoms. The Morgan fingerprint density at radius 3 is 2.27 bits per heavy atom. The second-order valence-electron chi connectivity index (χ2n) is 3.77. The summed E-state index contributed by atoms with van der Waals surface area (Å²) in [6.45, 7) is 4.82. The Kier molecular flexibility index (Phi) is 3.35. The van der Waals surface area contributed by atoms with Crippen molar-refractivity contribution < 1.29 is 14.0 Å². The van der Waals surface area contributed by atoms with Crippen LogP contribution in [0.5, 0.6) is 0 Å². The van der Waals surface area contributed by atoms with Crippen LogP contribution in [0.3, 0.4) is 0 Å². The van der Waals surface area contributed by atoms with Gasteiger partial charge in [-0.1, -0.05) is 13.8 Å². The average molecular weight is 208 g/mol. The second-order valence-corrected chi connectivity index (χ2v) is 3.77. The first-order chi connectivity index (χ1) is 6.93. The second kappa shape index (κ2) is 4.34. The van der Waals surface area contributed by atoms with E-state index in [1.165, 1.54) is 19.1 Å². The van der Waals surface area contributed by atoms with Crippen molar-refractivity contribution in [2.45, 2.75) is 20.8 Å². The summed E-state index contributed by atoms with van der Waals surface area (Å²) < 4.78 is 12.9. The van der Waals surface area contributed by atoms with Crippen molar-refractivity contribution in [2.24, 2.45) is 5.92 Å². The zero-order chi connectivity index (χ0) is 11.6. The lowest BCUT2D eigenvalue weighted by molar-refractivity contribution is 0.0926. The third-order valence-corrected chi connectivity index (χ3v) is 2.15. The summed E-state index contributed by atoms with van der Waals surface area (Å²) in [6, 6.07) is 3.68. The molecule has 0 heterocycles. The topological polar surface area (TPSA) is 34.1 Å². The highest BCUT2D eigenvalue weighted by atomic mass is 19.1. The number of benzene rings is 1. The maximum Gasteiger partial charge on any atom is 0.166 e. The zero-order valence-corrected chi connectivity index (χ0v) is 9.00. The molecule has 0 amide bonds. The van der Waals surface area contributed by atoms with Gasteiger partial charge in [0.15, 0.2) is 11.6 Å². The van der Waals surface area contributed by atoms with Crippen LogP contribution in [0.15, 0.2) is 18.2 Å². The molecule has 80 valence electrons. The minimum absolute atomic E-state index is 0.139. The molecule has 15 heavy (non-hydrogen) atoms. The normalized spacial score (nSPS) is 10.5. The fourth-order valence-corrected chi connectivity index (χ4v) is 1.33. The molecule has 1 aromatic carbocycles. The van der Waals surface area contributed by atoms with Crippen LogP contribution in [0.25, 0.3) is 0 Å². The van der Waals surface area contributed by atoms with E-state index in [0.29, 0.717) is 5.56 Å². The lowest BCUT2D eigenvalue weighted by atomic mass is 9.95. The molecule has 0 fully saturated rings. The van der Waals surface area contributed by atoms with Gasteiger partial charge in [-0.05, 0) is 25.1 Å². The Morgan fingerprint density at radius 1 is 1.20 bits per heavy atom. The molecule has 0 N–H and O–H groups in total. The van der Waals surface area contributed by atoms with Gasteiger partial charge >= 0.3 is 0 Å². The lowest BCUT2D eigenvalue weighted by Gasteiger charge is -2.08. The van der Waals surface area contributed by atoms with Gasteiger partial charge in [-0.15, -0.1) is 0 Å². The highest BCUT2D eigenvalue weighted by molar-refractivity contribution is 6.08. The Labute approximate surface area is 88.1 Å². The van der Waals surface area contributed by atoms with Gasteiger partial charge in [-0.2, -0.15) is 0 Å². The molecule has 0 saturated carbocycles. The van der Waals surface area contributed by atoms with Crippen molar-refractivity contribution in [3.05, 3.63) is 35.1 Å². The van der Waals surface area contributed by atoms with E-state index < -0.39 is 5.82 Å². The van der Waals surface area contributed by atoms with Crippen molar-refractivity contribution in [1.29, 1.82) is 0 Å². The van der Waals surface area contributed by atoms with Gasteiger partial charge in [0, 0.05) is 17.0 Å². The quantitative estimate of drug-likeness (QED) is 0.716. The summed E-state index contributed by atoms with van der Waals surface area (Å²) in [5.41, 5.74) is 0.465. The van der Waals surface area contributed by atoms with E-state index in [1.54, 1.807) is 13.8 Å². The van der Waals surface area contributed by atoms with Gasteiger partial charge in [-0.3, -0.25) is 9.59 Å². The Hall–Kier alpha value is -1.51. The van der Waals surface area contributed by atoms with Crippen LogP contribution in [-0.4, -0.2) is 11.6 Å². The fraction of sp³-hybridized carbons (Fsp3) is 0.333. The van der Waals surface area contributed by atoms with Crippen molar-refractivity contribution in [3.63, 3.8) is 0 Å². The van der Waals surface area contributed by atoms with Crippen molar-refractivity contribution in [3.8, 4) is 0 Å². The molecule has 0 aliphatic carbocycles. The monoisotopic (exact) mass is 208 g/mol. The molecule has 0 aromatic heterocycles. The maximum absolute atomic E-state index is 12.9. The average Bonchev–Trinajstić information content (AvgIpc) is 2.16. The minimum Gasteiger partial charge on any atom is -0.294 e. The first-order valence-corrected chi connectivity index (χ1v) is 4.78. The molecule has 0 spiro atoms. The SMILES string of the molecule is CC(=O)c1cc(F)ccc1C(=O)C(C)C. The van der Waals surface area contributed by atoms with Gasteiger partial charge in [-0.25, -0.2) is 4.39 Å². The summed E-state index contributed by atoms with van der Waals surface area (Å²) in [7, 11) is 0. The van der Waals surface area contributed by atoms with Crippen molar-refractivity contribution in [2.75, 3.05) is 0 Å². The Bertz CT molecular complexity index is 408. The summed E-state index contributed by atoms with van der Waals surface area (Å²) >= 11 is 0. The molecule has 0 saturated heterocycles. The number of hydrogen-bond donors (Lipinski definition) is 0. The molecular formula is C12H13FO2. The zero-order valence-electron chi connectivity index (χ0n) is 9.00. The molecule has 2 nitrogen and oxygen atoms in total. The van der Waals surface area contributed by atoms with Crippen LogP contribution in [0.4, 0.5) is 4.39 Å². The molecule has 0 unspecified atom stereocenters. The summed E-state index contributed by atoms with van der Waals surface area (Å²) in [5.74, 6) is -1.13. The lowest BCUT2D eigenvalue weighted by Crippen LogP contribution is -2.12. The molecule has 0 radical (unpaired) electrons. The van der Waals surface area contributed by atoms with E-state index in [1.807, 2.05) is 0 Å². The van der Waals surface area contributed by atoms with E-state index in [-0.39, 0.29) is 23.0 Å². The number of carbonyl (C=O) groups excluding carboxylic acids is 2. The first-order valence-electron chi connectivity index (χ1n) is 4.78. The number of Topliss-reactive ketones (excluding diaryl/α,β-unsaturated/α-hetero) is 2. The minimum atomic E-state index is -0.500. The number of carbonyl (C=O) groups is 2. The van der Waals surface area contributed by atoms with E-state index in [0.717, 1.165) is 6.07 Å². The van der Waals surface area contributed by atoms with Crippen LogP contribution in [0, 0.1) is 11.7 Å². The molecule has 0 atom stereocenters. The molecular weight excluding hydrogens is 195 g/mol. The van der Waals surface area contributed by atoms with Gasteiger partial charge in [0.1, 0.15) is 5.82 Å². The van der Waals surface area contributed by atoms with Crippen LogP contribution in [0.2, 0.25) is 0 Å². The van der Waals surface area contributed by atoms with Gasteiger partial charge < -0.3 is 0 Å². The third-order valence-electron chi connectivity index (χ3n) is 2.15. The summed E-state index contributed by atoms with van der Waals surface area (Å²) in [6.07, 6.45) is 0. The number of hydrogen-bond acceptors (Lipinski definition) is 2. The Morgan fingerprint density at radius 2 is 1.80 bits per heavy atom. The maximum atomic E-state index is 12.9. The van der Waals surface area contributed by atoms with Crippen LogP contribution < -0.4 is 0 Å². The molecule has 0 bridgehead atoms. The highest BCUT2D eigenvalue weighted by Gasteiger charge is 2.17. The summed E-state index contributed by atoms with van der Waals surface area (Å²) in [4.78, 5) is 22.9. The van der Waals surface area contributed by atoms with Crippen LogP contribution in [0.1, 0.15) is 41.5 Å². The largest absolute Gasteiger partial charge is 0.294 e. The molecule has 0 aliphatic rings. The molecule has 0 aliphatic heterocycles. The third kappa shape index (κ3) is 2.49. The predicted molar refractivity (Wildman–Crippen MR) is 55.6 cm³/mol. The predicted octanol–water partition coefficient (Wildman–Crippen LogP) is 2.87. The molecule has 1 aromatic rings. The number of ketones is 2. The van der Waals surface area contributed by atoms with Crippen LogP contribution in [-0.2, 0) is 0 Å². The molecule has 1 rings (SSSR count). The van der Waals surface area contributed by atoms with Crippen LogP contribution >= 0.6 is 0 Å². The van der Waals surface area contributed by atoms with Gasteiger partial charge in [0.05, 0.1) is 0 Å². The Balaban J connectivity index is 3.29. The van der Waals surface area contributed by atoms with Gasteiger partial charge in [0.2, 0.25) is 0 Å². The van der Waals surface area contributed by atoms with E-state index in [2.05, 4.69) is 0 Å². The van der Waals surface area contributed by atoms with E-state index >= 15 is 0 Å². The van der Waals surface area contributed by atoms with Gasteiger partial charge in [0.25, 0.3) is 0 Å². The highest BCUT2D eigenvalue weighted by Crippen LogP contribution is 2.16. The van der Waals surface area contributed by atoms with E-state index in [9.17, 15) is 14.0 Å². The van der Waals surface area contributed by atoms with Crippen molar-refractivity contribution in [1.82, 2.24) is 0 Å². The smallest absolute Gasteiger partial charge is 0.166 e. The number of halogens is 1. The number of rotatable bonds is 3. The first kappa shape index (κ1) is 11.6. The van der Waals surface area contributed by atoms with Crippen molar-refractivity contribution >= 4 is 11.6 Å². The summed E-state index contributed by atoms with van der Waals surface area (Å²) in [5, 5.41) is 0. The van der Waals surface area contributed by atoms with E-state index in [4.69, 9.17) is 0 Å².